The van der Waals surface area contributed by atoms with Crippen molar-refractivity contribution in [2.24, 2.45) is 4.99 Å². The maximum atomic E-state index is 11.2. The van der Waals surface area contributed by atoms with Crippen molar-refractivity contribution in [3.63, 3.8) is 0 Å². The summed E-state index contributed by atoms with van der Waals surface area (Å²) in [6.45, 7) is 3.55. The van der Waals surface area contributed by atoms with E-state index in [-0.39, 0.29) is 5.57 Å². The number of carboxylic acid groups (broad SMARTS) is 1. The molecule has 0 aliphatic heterocycles. The lowest BCUT2D eigenvalue weighted by Crippen LogP contribution is -2.15. The normalized spacial score (nSPS) is 11.1. The molecule has 3 nitrogen and oxygen atoms in total. The SMILES string of the molecule is CN=C(C(C(=O)O)=C(C)C)c1ccccc1. The lowest BCUT2D eigenvalue weighted by Gasteiger charge is -2.08. The summed E-state index contributed by atoms with van der Waals surface area (Å²) in [5.74, 6) is -0.940. The van der Waals surface area contributed by atoms with Gasteiger partial charge < -0.3 is 5.11 Å². The molecule has 0 fully saturated rings. The molecule has 0 aliphatic carbocycles. The molecule has 0 spiro atoms. The third-order valence-electron chi connectivity index (χ3n) is 2.22. The fraction of sp³-hybridized carbons (Fsp3) is 0.231. The van der Waals surface area contributed by atoms with E-state index in [1.165, 1.54) is 0 Å². The zero-order chi connectivity index (χ0) is 12.1. The van der Waals surface area contributed by atoms with E-state index in [1.807, 2.05) is 30.3 Å². The lowest BCUT2D eigenvalue weighted by molar-refractivity contribution is -0.132. The molecule has 16 heavy (non-hydrogen) atoms. The van der Waals surface area contributed by atoms with Gasteiger partial charge in [0.15, 0.2) is 0 Å². The van der Waals surface area contributed by atoms with Crippen molar-refractivity contribution in [1.29, 1.82) is 0 Å². The second-order valence-corrected chi connectivity index (χ2v) is 3.62. The molecule has 0 saturated heterocycles. The van der Waals surface area contributed by atoms with Gasteiger partial charge in [0.25, 0.3) is 0 Å². The zero-order valence-electron chi connectivity index (χ0n) is 9.69. The first-order valence-corrected chi connectivity index (χ1v) is 5.01. The Morgan fingerprint density at radius 3 is 2.12 bits per heavy atom. The number of carbonyl (C=O) groups is 1. The van der Waals surface area contributed by atoms with Crippen LogP contribution in [-0.4, -0.2) is 23.8 Å². The molecule has 0 amide bonds. The van der Waals surface area contributed by atoms with Crippen molar-refractivity contribution in [2.75, 3.05) is 7.05 Å². The summed E-state index contributed by atoms with van der Waals surface area (Å²) in [7, 11) is 1.61. The molecular weight excluding hydrogens is 202 g/mol. The Balaban J connectivity index is 3.30. The average molecular weight is 217 g/mol. The Morgan fingerprint density at radius 1 is 1.19 bits per heavy atom. The predicted molar refractivity (Wildman–Crippen MR) is 64.9 cm³/mol. The first kappa shape index (κ1) is 12.2. The van der Waals surface area contributed by atoms with Gasteiger partial charge >= 0.3 is 5.97 Å². The number of aliphatic imine (C=N–C) groups is 1. The minimum atomic E-state index is -0.940. The molecule has 0 atom stereocenters. The van der Waals surface area contributed by atoms with E-state index in [0.29, 0.717) is 5.71 Å². The molecule has 0 unspecified atom stereocenters. The van der Waals surface area contributed by atoms with E-state index in [4.69, 9.17) is 5.11 Å². The maximum Gasteiger partial charge on any atom is 0.337 e. The van der Waals surface area contributed by atoms with Gasteiger partial charge in [-0.15, -0.1) is 0 Å². The van der Waals surface area contributed by atoms with E-state index in [9.17, 15) is 4.79 Å². The summed E-state index contributed by atoms with van der Waals surface area (Å²) < 4.78 is 0. The molecule has 0 radical (unpaired) electrons. The van der Waals surface area contributed by atoms with Crippen molar-refractivity contribution in [3.8, 4) is 0 Å². The fourth-order valence-electron chi connectivity index (χ4n) is 1.53. The van der Waals surface area contributed by atoms with Crippen LogP contribution in [0.5, 0.6) is 0 Å². The highest BCUT2D eigenvalue weighted by Crippen LogP contribution is 2.13. The third kappa shape index (κ3) is 2.57. The Hall–Kier alpha value is -1.90. The molecule has 0 aromatic heterocycles. The van der Waals surface area contributed by atoms with Crippen LogP contribution in [0.25, 0.3) is 0 Å². The van der Waals surface area contributed by atoms with Crippen LogP contribution in [0.3, 0.4) is 0 Å². The molecule has 1 aromatic rings. The Kier molecular flexibility index (Phi) is 4.00. The van der Waals surface area contributed by atoms with Crippen LogP contribution in [0.2, 0.25) is 0 Å². The molecule has 3 heteroatoms. The second-order valence-electron chi connectivity index (χ2n) is 3.62. The minimum Gasteiger partial charge on any atom is -0.478 e. The van der Waals surface area contributed by atoms with Gasteiger partial charge in [0.05, 0.1) is 11.3 Å². The van der Waals surface area contributed by atoms with Gasteiger partial charge in [0.2, 0.25) is 0 Å². The van der Waals surface area contributed by atoms with E-state index in [0.717, 1.165) is 11.1 Å². The highest BCUT2D eigenvalue weighted by Gasteiger charge is 2.17. The molecular formula is C13H15NO2. The summed E-state index contributed by atoms with van der Waals surface area (Å²) in [5, 5.41) is 9.17. The van der Waals surface area contributed by atoms with Gasteiger partial charge in [-0.2, -0.15) is 0 Å². The van der Waals surface area contributed by atoms with Crippen LogP contribution < -0.4 is 0 Å². The van der Waals surface area contributed by atoms with Gasteiger partial charge in [-0.25, -0.2) is 4.79 Å². The molecule has 0 saturated carbocycles. The van der Waals surface area contributed by atoms with Gasteiger partial charge in [-0.3, -0.25) is 4.99 Å². The van der Waals surface area contributed by atoms with E-state index < -0.39 is 5.97 Å². The summed E-state index contributed by atoms with van der Waals surface area (Å²) >= 11 is 0. The van der Waals surface area contributed by atoms with Crippen molar-refractivity contribution < 1.29 is 9.90 Å². The van der Waals surface area contributed by atoms with Gasteiger partial charge in [0, 0.05) is 12.6 Å². The van der Waals surface area contributed by atoms with Crippen LogP contribution in [0.15, 0.2) is 46.5 Å². The van der Waals surface area contributed by atoms with Crippen molar-refractivity contribution in [1.82, 2.24) is 0 Å². The fourth-order valence-corrected chi connectivity index (χ4v) is 1.53. The molecule has 1 rings (SSSR count). The van der Waals surface area contributed by atoms with E-state index in [1.54, 1.807) is 20.9 Å². The minimum absolute atomic E-state index is 0.272. The predicted octanol–water partition coefficient (Wildman–Crippen LogP) is 2.53. The van der Waals surface area contributed by atoms with Crippen molar-refractivity contribution in [2.45, 2.75) is 13.8 Å². The molecule has 0 aliphatic rings. The second kappa shape index (κ2) is 5.26. The highest BCUT2D eigenvalue weighted by molar-refractivity contribution is 6.26. The first-order chi connectivity index (χ1) is 7.57. The number of hydrogen-bond acceptors (Lipinski definition) is 2. The van der Waals surface area contributed by atoms with Crippen LogP contribution in [-0.2, 0) is 4.79 Å². The van der Waals surface area contributed by atoms with Crippen molar-refractivity contribution >= 4 is 11.7 Å². The Bertz CT molecular complexity index is 440. The van der Waals surface area contributed by atoms with Gasteiger partial charge in [-0.1, -0.05) is 35.9 Å². The van der Waals surface area contributed by atoms with E-state index >= 15 is 0 Å². The van der Waals surface area contributed by atoms with Crippen LogP contribution in [0, 0.1) is 0 Å². The largest absolute Gasteiger partial charge is 0.478 e. The molecule has 1 N–H and O–H groups in total. The Morgan fingerprint density at radius 2 is 1.75 bits per heavy atom. The number of aliphatic carboxylic acids is 1. The van der Waals surface area contributed by atoms with Gasteiger partial charge in [0.1, 0.15) is 0 Å². The monoisotopic (exact) mass is 217 g/mol. The molecule has 0 bridgehead atoms. The third-order valence-corrected chi connectivity index (χ3v) is 2.22. The standard InChI is InChI=1S/C13H15NO2/c1-9(2)11(13(15)16)12(14-3)10-7-5-4-6-8-10/h4-8H,1-3H3,(H,15,16). The zero-order valence-corrected chi connectivity index (χ0v) is 9.69. The van der Waals surface area contributed by atoms with E-state index in [2.05, 4.69) is 4.99 Å². The highest BCUT2D eigenvalue weighted by atomic mass is 16.4. The summed E-state index contributed by atoms with van der Waals surface area (Å²) in [6.07, 6.45) is 0. The average Bonchev–Trinajstić information content (AvgIpc) is 2.25. The smallest absolute Gasteiger partial charge is 0.337 e. The molecule has 1 aromatic carbocycles. The van der Waals surface area contributed by atoms with Crippen LogP contribution >= 0.6 is 0 Å². The summed E-state index contributed by atoms with van der Waals surface area (Å²) in [4.78, 5) is 15.3. The van der Waals surface area contributed by atoms with Gasteiger partial charge in [-0.05, 0) is 13.8 Å². The van der Waals surface area contributed by atoms with Crippen molar-refractivity contribution in [3.05, 3.63) is 47.0 Å². The topological polar surface area (TPSA) is 49.7 Å². The van der Waals surface area contributed by atoms with Crippen LogP contribution in [0.1, 0.15) is 19.4 Å². The maximum absolute atomic E-state index is 11.2. The molecule has 84 valence electrons. The number of benzene rings is 1. The number of rotatable bonds is 3. The summed E-state index contributed by atoms with van der Waals surface area (Å²) in [6, 6.07) is 9.33. The number of allylic oxidation sites excluding steroid dienone is 1. The first-order valence-electron chi connectivity index (χ1n) is 5.01. The Labute approximate surface area is 95.1 Å². The quantitative estimate of drug-likeness (QED) is 0.624. The van der Waals surface area contributed by atoms with Crippen LogP contribution in [0.4, 0.5) is 0 Å². The molecule has 0 heterocycles. The number of nitrogens with zero attached hydrogens (tertiary/aromatic N) is 1. The lowest BCUT2D eigenvalue weighted by atomic mass is 9.99. The number of hydrogen-bond donors (Lipinski definition) is 1. The summed E-state index contributed by atoms with van der Waals surface area (Å²) in [5.41, 5.74) is 2.36. The number of carboxylic acids is 1.